The van der Waals surface area contributed by atoms with Gasteiger partial charge < -0.3 is 25.6 Å². The number of urea groups is 1. The van der Waals surface area contributed by atoms with Crippen molar-refractivity contribution in [1.29, 1.82) is 0 Å². The van der Waals surface area contributed by atoms with Crippen molar-refractivity contribution in [2.24, 2.45) is 5.92 Å². The van der Waals surface area contributed by atoms with Gasteiger partial charge in [0.2, 0.25) is 0 Å². The first-order valence-electron chi connectivity index (χ1n) is 11.3. The van der Waals surface area contributed by atoms with Crippen LogP contribution in [-0.4, -0.2) is 49.5 Å². The molecule has 0 spiro atoms. The van der Waals surface area contributed by atoms with Gasteiger partial charge in [0.25, 0.3) is 0 Å². The van der Waals surface area contributed by atoms with Crippen LogP contribution in [0.4, 0.5) is 16.2 Å². The fourth-order valence-corrected chi connectivity index (χ4v) is 3.74. The van der Waals surface area contributed by atoms with Crippen molar-refractivity contribution in [1.82, 2.24) is 10.2 Å². The molecule has 0 saturated carbocycles. The van der Waals surface area contributed by atoms with Gasteiger partial charge in [-0.3, -0.25) is 9.59 Å². The number of hydrogen-bond donors (Lipinski definition) is 3. The smallest absolute Gasteiger partial charge is 0.321 e. The number of likely N-dealkylation sites (tertiary alicyclic amines) is 1. The van der Waals surface area contributed by atoms with E-state index in [0.717, 1.165) is 12.8 Å². The van der Waals surface area contributed by atoms with E-state index in [-0.39, 0.29) is 11.9 Å². The van der Waals surface area contributed by atoms with E-state index < -0.39 is 11.8 Å². The summed E-state index contributed by atoms with van der Waals surface area (Å²) in [7, 11) is 1.56. The summed E-state index contributed by atoms with van der Waals surface area (Å²) in [5, 5.41) is 8.23. The third kappa shape index (κ3) is 6.71. The minimum atomic E-state index is -0.680. The molecule has 0 unspecified atom stereocenters. The van der Waals surface area contributed by atoms with E-state index in [9.17, 15) is 14.4 Å². The van der Waals surface area contributed by atoms with Crippen molar-refractivity contribution in [2.75, 3.05) is 37.4 Å². The van der Waals surface area contributed by atoms with Gasteiger partial charge in [-0.05, 0) is 54.5 Å². The summed E-state index contributed by atoms with van der Waals surface area (Å²) in [5.41, 5.74) is 2.39. The molecule has 0 aromatic heterocycles. The molecule has 176 valence electrons. The second kappa shape index (κ2) is 11.4. The summed E-state index contributed by atoms with van der Waals surface area (Å²) in [5.74, 6) is -0.114. The van der Waals surface area contributed by atoms with E-state index in [1.165, 1.54) is 5.56 Å². The fourth-order valence-electron chi connectivity index (χ4n) is 3.74. The van der Waals surface area contributed by atoms with Crippen LogP contribution in [0.2, 0.25) is 0 Å². The number of nitrogens with zero attached hydrogens (tertiary/aromatic N) is 1. The SMILES string of the molecule is COc1ccccc1NC(=O)N1CCC(CNC(=O)C(=O)Nc2ccc(C(C)C)cc2)CC1. The van der Waals surface area contributed by atoms with E-state index in [4.69, 9.17) is 4.74 Å². The molecule has 8 heteroatoms. The highest BCUT2D eigenvalue weighted by molar-refractivity contribution is 6.39. The monoisotopic (exact) mass is 452 g/mol. The highest BCUT2D eigenvalue weighted by Crippen LogP contribution is 2.24. The lowest BCUT2D eigenvalue weighted by atomic mass is 9.97. The molecule has 1 fully saturated rings. The number of carbonyl (C=O) groups excluding carboxylic acids is 3. The standard InChI is InChI=1S/C25H32N4O4/c1-17(2)19-8-10-20(11-9-19)27-24(31)23(30)26-16-18-12-14-29(15-13-18)25(32)28-21-6-4-5-7-22(21)33-3/h4-11,17-18H,12-16H2,1-3H3,(H,26,30)(H,27,31)(H,28,32). The van der Waals surface area contributed by atoms with Crippen LogP contribution in [0, 0.1) is 5.92 Å². The number of nitrogens with one attached hydrogen (secondary N) is 3. The van der Waals surface area contributed by atoms with Crippen molar-refractivity contribution in [3.8, 4) is 5.75 Å². The number of anilines is 2. The van der Waals surface area contributed by atoms with Crippen LogP contribution < -0.4 is 20.7 Å². The van der Waals surface area contributed by atoms with E-state index >= 15 is 0 Å². The highest BCUT2D eigenvalue weighted by Gasteiger charge is 2.24. The number of ether oxygens (including phenoxy) is 1. The van der Waals surface area contributed by atoms with Crippen molar-refractivity contribution < 1.29 is 19.1 Å². The number of piperidine rings is 1. The highest BCUT2D eigenvalue weighted by atomic mass is 16.5. The molecule has 0 atom stereocenters. The first kappa shape index (κ1) is 24.1. The number of para-hydroxylation sites is 2. The average molecular weight is 453 g/mol. The predicted molar refractivity (Wildman–Crippen MR) is 128 cm³/mol. The molecule has 1 aliphatic heterocycles. The van der Waals surface area contributed by atoms with Crippen LogP contribution in [0.3, 0.4) is 0 Å². The molecule has 3 rings (SSSR count). The maximum Gasteiger partial charge on any atom is 0.321 e. The van der Waals surface area contributed by atoms with Crippen LogP contribution in [0.15, 0.2) is 48.5 Å². The van der Waals surface area contributed by atoms with Crippen LogP contribution in [0.1, 0.15) is 38.2 Å². The molecule has 1 heterocycles. The zero-order valence-electron chi connectivity index (χ0n) is 19.4. The lowest BCUT2D eigenvalue weighted by Gasteiger charge is -2.32. The Labute approximate surface area is 194 Å². The molecule has 4 amide bonds. The van der Waals surface area contributed by atoms with Crippen LogP contribution in [0.5, 0.6) is 5.75 Å². The maximum absolute atomic E-state index is 12.6. The fraction of sp³-hybridized carbons (Fsp3) is 0.400. The summed E-state index contributed by atoms with van der Waals surface area (Å²) in [6, 6.07) is 14.6. The van der Waals surface area contributed by atoms with Gasteiger partial charge in [0.1, 0.15) is 5.75 Å². The molecule has 0 bridgehead atoms. The molecule has 33 heavy (non-hydrogen) atoms. The van der Waals surface area contributed by atoms with E-state index in [1.807, 2.05) is 24.3 Å². The predicted octanol–water partition coefficient (Wildman–Crippen LogP) is 3.82. The van der Waals surface area contributed by atoms with Crippen molar-refractivity contribution >= 4 is 29.2 Å². The molecular formula is C25H32N4O4. The number of carbonyl (C=O) groups is 3. The Morgan fingerprint density at radius 3 is 2.27 bits per heavy atom. The summed E-state index contributed by atoms with van der Waals surface area (Å²) in [6.45, 7) is 5.75. The largest absolute Gasteiger partial charge is 0.495 e. The third-order valence-corrected chi connectivity index (χ3v) is 5.84. The normalized spacial score (nSPS) is 14.0. The second-order valence-electron chi connectivity index (χ2n) is 8.50. The Hall–Kier alpha value is -3.55. The number of methoxy groups -OCH3 is 1. The molecule has 1 saturated heterocycles. The van der Waals surface area contributed by atoms with Gasteiger partial charge in [-0.2, -0.15) is 0 Å². The zero-order chi connectivity index (χ0) is 23.8. The molecular weight excluding hydrogens is 420 g/mol. The molecule has 2 aromatic rings. The van der Waals surface area contributed by atoms with Crippen LogP contribution >= 0.6 is 0 Å². The molecule has 1 aliphatic rings. The molecule has 3 N–H and O–H groups in total. The van der Waals surface area contributed by atoms with Crippen LogP contribution in [0.25, 0.3) is 0 Å². The summed E-state index contributed by atoms with van der Waals surface area (Å²) >= 11 is 0. The van der Waals surface area contributed by atoms with E-state index in [0.29, 0.717) is 42.7 Å². The van der Waals surface area contributed by atoms with Gasteiger partial charge in [-0.15, -0.1) is 0 Å². The molecule has 8 nitrogen and oxygen atoms in total. The minimum Gasteiger partial charge on any atom is -0.495 e. The van der Waals surface area contributed by atoms with Gasteiger partial charge in [0, 0.05) is 25.3 Å². The van der Waals surface area contributed by atoms with Gasteiger partial charge >= 0.3 is 17.8 Å². The number of benzene rings is 2. The summed E-state index contributed by atoms with van der Waals surface area (Å²) in [4.78, 5) is 38.7. The molecule has 0 aliphatic carbocycles. The Morgan fingerprint density at radius 2 is 1.64 bits per heavy atom. The van der Waals surface area contributed by atoms with Gasteiger partial charge in [0.15, 0.2) is 0 Å². The first-order valence-corrected chi connectivity index (χ1v) is 11.3. The Morgan fingerprint density at radius 1 is 0.970 bits per heavy atom. The lowest BCUT2D eigenvalue weighted by molar-refractivity contribution is -0.136. The Bertz CT molecular complexity index is 967. The quantitative estimate of drug-likeness (QED) is 0.580. The molecule has 0 radical (unpaired) electrons. The lowest BCUT2D eigenvalue weighted by Crippen LogP contribution is -2.44. The first-order chi connectivity index (χ1) is 15.9. The zero-order valence-corrected chi connectivity index (χ0v) is 19.4. The Balaban J connectivity index is 1.40. The second-order valence-corrected chi connectivity index (χ2v) is 8.50. The van der Waals surface area contributed by atoms with Crippen molar-refractivity contribution in [3.63, 3.8) is 0 Å². The van der Waals surface area contributed by atoms with Gasteiger partial charge in [0.05, 0.1) is 12.8 Å². The van der Waals surface area contributed by atoms with Crippen LogP contribution in [-0.2, 0) is 9.59 Å². The summed E-state index contributed by atoms with van der Waals surface area (Å²) in [6.07, 6.45) is 1.50. The van der Waals surface area contributed by atoms with Gasteiger partial charge in [-0.1, -0.05) is 38.1 Å². The number of amides is 4. The van der Waals surface area contributed by atoms with Gasteiger partial charge in [-0.25, -0.2) is 4.79 Å². The minimum absolute atomic E-state index is 0.176. The number of hydrogen-bond acceptors (Lipinski definition) is 4. The number of rotatable bonds is 6. The third-order valence-electron chi connectivity index (χ3n) is 5.84. The molecule has 2 aromatic carbocycles. The average Bonchev–Trinajstić information content (AvgIpc) is 2.83. The maximum atomic E-state index is 12.6. The van der Waals surface area contributed by atoms with E-state index in [2.05, 4.69) is 29.8 Å². The Kier molecular flexibility index (Phi) is 8.29. The van der Waals surface area contributed by atoms with E-state index in [1.54, 1.807) is 36.3 Å². The topological polar surface area (TPSA) is 99.8 Å². The summed E-state index contributed by atoms with van der Waals surface area (Å²) < 4.78 is 5.27. The van der Waals surface area contributed by atoms with Crippen molar-refractivity contribution in [2.45, 2.75) is 32.6 Å². The van der Waals surface area contributed by atoms with Crippen molar-refractivity contribution in [3.05, 3.63) is 54.1 Å².